The molecule has 3 aromatic carbocycles. The van der Waals surface area contributed by atoms with Crippen LogP contribution in [0.25, 0.3) is 0 Å². The minimum absolute atomic E-state index is 0.192. The maximum Gasteiger partial charge on any atom is 0.265 e. The molecule has 3 aromatic rings. The maximum absolute atomic E-state index is 12.4. The van der Waals surface area contributed by atoms with Gasteiger partial charge in [-0.3, -0.25) is 4.79 Å². The van der Waals surface area contributed by atoms with E-state index in [0.29, 0.717) is 5.75 Å². The number of hydrogen-bond acceptors (Lipinski definition) is 4. The smallest absolute Gasteiger partial charge is 0.265 e. The van der Waals surface area contributed by atoms with Gasteiger partial charge in [0, 0.05) is 16.3 Å². The van der Waals surface area contributed by atoms with Crippen LogP contribution in [0.15, 0.2) is 83.8 Å². The van der Waals surface area contributed by atoms with Crippen molar-refractivity contribution in [2.24, 2.45) is 0 Å². The van der Waals surface area contributed by atoms with Crippen molar-refractivity contribution in [2.75, 3.05) is 12.4 Å². The van der Waals surface area contributed by atoms with Crippen LogP contribution in [0.5, 0.6) is 11.5 Å². The minimum Gasteiger partial charge on any atom is -0.497 e. The molecule has 1 N–H and O–H groups in total. The average molecular weight is 394 g/mol. The van der Waals surface area contributed by atoms with Crippen LogP contribution in [0.1, 0.15) is 12.5 Å². The number of anilines is 1. The van der Waals surface area contributed by atoms with E-state index < -0.39 is 6.10 Å². The molecule has 0 aliphatic carbocycles. The molecule has 0 spiro atoms. The number of methoxy groups -OCH3 is 1. The van der Waals surface area contributed by atoms with Gasteiger partial charge in [0.1, 0.15) is 11.5 Å². The van der Waals surface area contributed by atoms with E-state index in [0.717, 1.165) is 17.2 Å². The van der Waals surface area contributed by atoms with Gasteiger partial charge in [-0.2, -0.15) is 0 Å². The second kappa shape index (κ2) is 9.85. The first-order valence-electron chi connectivity index (χ1n) is 9.02. The molecule has 4 nitrogen and oxygen atoms in total. The van der Waals surface area contributed by atoms with Crippen LogP contribution in [-0.2, 0) is 10.5 Å². The third-order valence-corrected chi connectivity index (χ3v) is 5.19. The van der Waals surface area contributed by atoms with Gasteiger partial charge in [0.05, 0.1) is 7.11 Å². The summed E-state index contributed by atoms with van der Waals surface area (Å²) in [6, 6.07) is 25.3. The van der Waals surface area contributed by atoms with Crippen molar-refractivity contribution in [1.29, 1.82) is 0 Å². The number of carbonyl (C=O) groups excluding carboxylic acids is 1. The van der Waals surface area contributed by atoms with E-state index in [-0.39, 0.29) is 5.91 Å². The second-order valence-corrected chi connectivity index (χ2v) is 7.27. The van der Waals surface area contributed by atoms with E-state index in [9.17, 15) is 4.79 Å². The van der Waals surface area contributed by atoms with Gasteiger partial charge < -0.3 is 14.8 Å². The van der Waals surface area contributed by atoms with Crippen LogP contribution in [0.3, 0.4) is 0 Å². The fourth-order valence-corrected chi connectivity index (χ4v) is 3.40. The Kier molecular flexibility index (Phi) is 6.98. The Balaban J connectivity index is 1.50. The molecule has 1 amide bonds. The van der Waals surface area contributed by atoms with Crippen LogP contribution in [0.2, 0.25) is 0 Å². The first kappa shape index (κ1) is 19.8. The Hall–Kier alpha value is -2.92. The summed E-state index contributed by atoms with van der Waals surface area (Å²) in [4.78, 5) is 13.6. The molecule has 0 fully saturated rings. The summed E-state index contributed by atoms with van der Waals surface area (Å²) in [6.45, 7) is 1.73. The fraction of sp³-hybridized carbons (Fsp3) is 0.174. The number of carbonyl (C=O) groups is 1. The highest BCUT2D eigenvalue weighted by Gasteiger charge is 2.15. The number of rotatable bonds is 8. The molecule has 5 heteroatoms. The lowest BCUT2D eigenvalue weighted by Gasteiger charge is -2.15. The van der Waals surface area contributed by atoms with Crippen LogP contribution in [0, 0.1) is 0 Å². The van der Waals surface area contributed by atoms with E-state index >= 15 is 0 Å². The zero-order valence-electron chi connectivity index (χ0n) is 15.9. The van der Waals surface area contributed by atoms with Gasteiger partial charge in [-0.15, -0.1) is 11.8 Å². The number of nitrogens with one attached hydrogen (secondary N) is 1. The van der Waals surface area contributed by atoms with Crippen molar-refractivity contribution in [2.45, 2.75) is 23.7 Å². The highest BCUT2D eigenvalue weighted by molar-refractivity contribution is 7.98. The number of benzene rings is 3. The number of amides is 1. The lowest BCUT2D eigenvalue weighted by molar-refractivity contribution is -0.122. The van der Waals surface area contributed by atoms with E-state index in [4.69, 9.17) is 9.47 Å². The standard InChI is InChI=1S/C23H23NO3S/c1-17(27-21-14-12-20(26-2)13-15-21)23(25)24-19-10-8-18(9-11-19)16-28-22-6-4-3-5-7-22/h3-15,17H,16H2,1-2H3,(H,24,25). The number of hydrogen-bond donors (Lipinski definition) is 1. The molecule has 0 radical (unpaired) electrons. The third kappa shape index (κ3) is 5.79. The third-order valence-electron chi connectivity index (χ3n) is 4.11. The molecular formula is C23H23NO3S. The molecule has 0 aliphatic rings. The van der Waals surface area contributed by atoms with Crippen LogP contribution >= 0.6 is 11.8 Å². The molecule has 0 heterocycles. The lowest BCUT2D eigenvalue weighted by atomic mass is 10.2. The quantitative estimate of drug-likeness (QED) is 0.521. The van der Waals surface area contributed by atoms with Crippen molar-refractivity contribution in [1.82, 2.24) is 0 Å². The first-order valence-corrected chi connectivity index (χ1v) is 10.0. The first-order chi connectivity index (χ1) is 13.6. The normalized spacial score (nSPS) is 11.5. The SMILES string of the molecule is COc1ccc(OC(C)C(=O)Nc2ccc(CSc3ccccc3)cc2)cc1. The van der Waals surface area contributed by atoms with Crippen LogP contribution in [-0.4, -0.2) is 19.1 Å². The van der Waals surface area contributed by atoms with Crippen molar-refractivity contribution in [3.8, 4) is 11.5 Å². The van der Waals surface area contributed by atoms with Gasteiger partial charge in [0.15, 0.2) is 6.10 Å². The lowest BCUT2D eigenvalue weighted by Crippen LogP contribution is -2.30. The molecular weight excluding hydrogens is 370 g/mol. The summed E-state index contributed by atoms with van der Waals surface area (Å²) < 4.78 is 10.8. The predicted molar refractivity (Wildman–Crippen MR) is 114 cm³/mol. The average Bonchev–Trinajstić information content (AvgIpc) is 2.74. The zero-order chi connectivity index (χ0) is 19.8. The highest BCUT2D eigenvalue weighted by atomic mass is 32.2. The number of ether oxygens (including phenoxy) is 2. The molecule has 0 aliphatic heterocycles. The Morgan fingerprint density at radius 2 is 1.57 bits per heavy atom. The highest BCUT2D eigenvalue weighted by Crippen LogP contribution is 2.23. The summed E-state index contributed by atoms with van der Waals surface area (Å²) in [5.41, 5.74) is 1.96. The van der Waals surface area contributed by atoms with Gasteiger partial charge in [-0.25, -0.2) is 0 Å². The van der Waals surface area contributed by atoms with Crippen molar-refractivity contribution in [3.63, 3.8) is 0 Å². The van der Waals surface area contributed by atoms with E-state index in [1.807, 2.05) is 42.5 Å². The van der Waals surface area contributed by atoms with Gasteiger partial charge in [0.25, 0.3) is 5.91 Å². The molecule has 28 heavy (non-hydrogen) atoms. The Morgan fingerprint density at radius 3 is 2.21 bits per heavy atom. The Bertz CT molecular complexity index is 880. The monoisotopic (exact) mass is 393 g/mol. The Labute approximate surface area is 169 Å². The summed E-state index contributed by atoms with van der Waals surface area (Å²) >= 11 is 1.79. The summed E-state index contributed by atoms with van der Waals surface area (Å²) in [7, 11) is 1.61. The summed E-state index contributed by atoms with van der Waals surface area (Å²) in [6.07, 6.45) is -0.610. The predicted octanol–water partition coefficient (Wildman–Crippen LogP) is 5.39. The summed E-state index contributed by atoms with van der Waals surface area (Å²) in [5, 5.41) is 2.89. The number of thioether (sulfide) groups is 1. The largest absolute Gasteiger partial charge is 0.497 e. The molecule has 1 atom stereocenters. The van der Waals surface area contributed by atoms with Gasteiger partial charge in [0.2, 0.25) is 0 Å². The van der Waals surface area contributed by atoms with E-state index in [1.54, 1.807) is 50.1 Å². The van der Waals surface area contributed by atoms with E-state index in [1.165, 1.54) is 10.5 Å². The molecule has 1 unspecified atom stereocenters. The topological polar surface area (TPSA) is 47.6 Å². The molecule has 0 saturated heterocycles. The van der Waals surface area contributed by atoms with Crippen molar-refractivity contribution < 1.29 is 14.3 Å². The van der Waals surface area contributed by atoms with Gasteiger partial charge >= 0.3 is 0 Å². The van der Waals surface area contributed by atoms with Crippen molar-refractivity contribution >= 4 is 23.4 Å². The molecule has 0 saturated carbocycles. The molecule has 144 valence electrons. The van der Waals surface area contributed by atoms with Crippen molar-refractivity contribution in [3.05, 3.63) is 84.4 Å². The molecule has 3 rings (SSSR count). The van der Waals surface area contributed by atoms with Gasteiger partial charge in [-0.05, 0) is 61.0 Å². The zero-order valence-corrected chi connectivity index (χ0v) is 16.7. The summed E-state index contributed by atoms with van der Waals surface area (Å²) in [5.74, 6) is 2.06. The van der Waals surface area contributed by atoms with Gasteiger partial charge in [-0.1, -0.05) is 30.3 Å². The minimum atomic E-state index is -0.610. The molecule has 0 bridgehead atoms. The molecule has 0 aromatic heterocycles. The van der Waals surface area contributed by atoms with Crippen LogP contribution < -0.4 is 14.8 Å². The van der Waals surface area contributed by atoms with Crippen LogP contribution in [0.4, 0.5) is 5.69 Å². The fourth-order valence-electron chi connectivity index (χ4n) is 2.52. The maximum atomic E-state index is 12.4. The Morgan fingerprint density at radius 1 is 0.929 bits per heavy atom. The van der Waals surface area contributed by atoms with E-state index in [2.05, 4.69) is 17.4 Å². The second-order valence-electron chi connectivity index (χ2n) is 6.22.